The molecule has 0 atom stereocenters. The summed E-state index contributed by atoms with van der Waals surface area (Å²) in [6.45, 7) is 0. The second kappa shape index (κ2) is 2.75. The van der Waals surface area contributed by atoms with E-state index in [1.807, 2.05) is 16.8 Å². The average Bonchev–Trinajstić information content (AvgIpc) is 2.32. The van der Waals surface area contributed by atoms with Gasteiger partial charge in [-0.2, -0.15) is 5.10 Å². The van der Waals surface area contributed by atoms with Crippen molar-refractivity contribution in [2.75, 3.05) is 0 Å². The highest BCUT2D eigenvalue weighted by Gasteiger charge is 1.98. The van der Waals surface area contributed by atoms with Gasteiger partial charge < -0.3 is 0 Å². The van der Waals surface area contributed by atoms with Crippen LogP contribution in [0.15, 0.2) is 29.0 Å². The summed E-state index contributed by atoms with van der Waals surface area (Å²) in [6, 6.07) is 4.10. The number of hydrogen-bond donors (Lipinski definition) is 0. The van der Waals surface area contributed by atoms with Gasteiger partial charge in [-0.3, -0.25) is 0 Å². The minimum Gasteiger partial charge on any atom is -0.239 e. The maximum absolute atomic E-state index is 4.14. The molecule has 0 fully saturated rings. The van der Waals surface area contributed by atoms with Gasteiger partial charge in [-0.1, -0.05) is 0 Å². The molecule has 4 heteroatoms. The summed E-state index contributed by atoms with van der Waals surface area (Å²) < 4.78 is 4.07. The third kappa shape index (κ3) is 1.29. The Hall–Kier alpha value is -0.100. The van der Waals surface area contributed by atoms with Crippen LogP contribution in [-0.2, 0) is 0 Å². The Morgan fingerprint density at radius 1 is 1.45 bits per heavy atom. The van der Waals surface area contributed by atoms with Crippen LogP contribution in [0, 0.1) is 3.57 Å². The number of nitrogens with zero attached hydrogens (tertiary/aromatic N) is 2. The molecule has 2 aromatic rings. The monoisotopic (exact) mass is 322 g/mol. The minimum absolute atomic E-state index is 1.04. The molecule has 2 rings (SSSR count). The third-order valence-corrected chi connectivity index (χ3v) is 2.68. The van der Waals surface area contributed by atoms with Crippen LogP contribution in [0.2, 0.25) is 0 Å². The summed E-state index contributed by atoms with van der Waals surface area (Å²) in [4.78, 5) is 0. The second-order valence-corrected chi connectivity index (χ2v) is 4.27. The molecule has 0 spiro atoms. The highest BCUT2D eigenvalue weighted by Crippen LogP contribution is 2.17. The lowest BCUT2D eigenvalue weighted by Gasteiger charge is -1.92. The lowest BCUT2D eigenvalue weighted by atomic mass is 10.4. The van der Waals surface area contributed by atoms with Gasteiger partial charge >= 0.3 is 0 Å². The van der Waals surface area contributed by atoms with Crippen LogP contribution < -0.4 is 0 Å². The number of rotatable bonds is 0. The van der Waals surface area contributed by atoms with Crippen molar-refractivity contribution in [1.29, 1.82) is 0 Å². The molecule has 2 nitrogen and oxygen atoms in total. The fourth-order valence-electron chi connectivity index (χ4n) is 0.928. The van der Waals surface area contributed by atoms with Gasteiger partial charge in [-0.15, -0.1) is 0 Å². The van der Waals surface area contributed by atoms with E-state index >= 15 is 0 Å². The summed E-state index contributed by atoms with van der Waals surface area (Å²) >= 11 is 5.67. The van der Waals surface area contributed by atoms with Crippen LogP contribution >= 0.6 is 38.5 Å². The Bertz CT molecular complexity index is 396. The zero-order valence-electron chi connectivity index (χ0n) is 5.46. The van der Waals surface area contributed by atoms with Gasteiger partial charge in [-0.25, -0.2) is 4.52 Å². The van der Waals surface area contributed by atoms with Crippen molar-refractivity contribution in [3.8, 4) is 0 Å². The normalized spacial score (nSPS) is 10.7. The number of halogens is 2. The first-order valence-corrected chi connectivity index (χ1v) is 4.93. The fourth-order valence-corrected chi connectivity index (χ4v) is 1.78. The van der Waals surface area contributed by atoms with Crippen molar-refractivity contribution in [3.05, 3.63) is 32.6 Å². The fraction of sp³-hybridized carbons (Fsp3) is 0. The van der Waals surface area contributed by atoms with E-state index in [1.165, 1.54) is 3.57 Å². The van der Waals surface area contributed by atoms with Gasteiger partial charge in [0.05, 0.1) is 16.2 Å². The van der Waals surface area contributed by atoms with Crippen molar-refractivity contribution in [1.82, 2.24) is 9.61 Å². The van der Waals surface area contributed by atoms with Crippen molar-refractivity contribution >= 4 is 44.0 Å². The molecule has 0 N–H and O–H groups in total. The zero-order valence-corrected chi connectivity index (χ0v) is 9.20. The van der Waals surface area contributed by atoms with Gasteiger partial charge in [0, 0.05) is 9.77 Å². The molecule has 0 saturated carbocycles. The third-order valence-electron chi connectivity index (χ3n) is 1.43. The van der Waals surface area contributed by atoms with Gasteiger partial charge in [-0.05, 0) is 50.7 Å². The van der Waals surface area contributed by atoms with Crippen LogP contribution in [0.4, 0.5) is 0 Å². The lowest BCUT2D eigenvalue weighted by molar-refractivity contribution is 0.956. The van der Waals surface area contributed by atoms with Crippen LogP contribution in [0.3, 0.4) is 0 Å². The highest BCUT2D eigenvalue weighted by atomic mass is 127. The van der Waals surface area contributed by atoms with E-state index in [0.717, 1.165) is 9.99 Å². The van der Waals surface area contributed by atoms with Crippen molar-refractivity contribution < 1.29 is 0 Å². The zero-order chi connectivity index (χ0) is 7.84. The Morgan fingerprint density at radius 2 is 2.27 bits per heavy atom. The molecule has 0 amide bonds. The molecular weight excluding hydrogens is 319 g/mol. The molecule has 0 saturated heterocycles. The summed E-state index contributed by atoms with van der Waals surface area (Å²) in [7, 11) is 0. The van der Waals surface area contributed by atoms with E-state index in [2.05, 4.69) is 49.7 Å². The molecule has 0 aliphatic carbocycles. The average molecular weight is 323 g/mol. The van der Waals surface area contributed by atoms with E-state index in [9.17, 15) is 0 Å². The second-order valence-electron chi connectivity index (χ2n) is 2.17. The highest BCUT2D eigenvalue weighted by molar-refractivity contribution is 14.1. The van der Waals surface area contributed by atoms with Gasteiger partial charge in [0.2, 0.25) is 0 Å². The Kier molecular flexibility index (Phi) is 1.88. The van der Waals surface area contributed by atoms with Gasteiger partial charge in [0.1, 0.15) is 0 Å². The molecule has 0 aliphatic heterocycles. The molecule has 2 heterocycles. The van der Waals surface area contributed by atoms with Crippen LogP contribution in [0.5, 0.6) is 0 Å². The SMILES string of the molecule is Brc1cnn2cc(I)ccc12. The first-order valence-electron chi connectivity index (χ1n) is 3.06. The van der Waals surface area contributed by atoms with E-state index in [0.29, 0.717) is 0 Å². The van der Waals surface area contributed by atoms with Crippen LogP contribution in [0.1, 0.15) is 0 Å². The first-order chi connectivity index (χ1) is 5.27. The quantitative estimate of drug-likeness (QED) is 0.682. The number of hydrogen-bond acceptors (Lipinski definition) is 1. The summed E-state index contributed by atoms with van der Waals surface area (Å²) in [5, 5.41) is 4.14. The molecule has 0 aromatic carbocycles. The predicted molar refractivity (Wildman–Crippen MR) is 55.6 cm³/mol. The van der Waals surface area contributed by atoms with Crippen molar-refractivity contribution in [3.63, 3.8) is 0 Å². The number of aromatic nitrogens is 2. The largest absolute Gasteiger partial charge is 0.239 e. The van der Waals surface area contributed by atoms with E-state index < -0.39 is 0 Å². The Balaban J connectivity index is 2.86. The predicted octanol–water partition coefficient (Wildman–Crippen LogP) is 2.70. The molecular formula is C7H4BrIN2. The van der Waals surface area contributed by atoms with E-state index in [-0.39, 0.29) is 0 Å². The van der Waals surface area contributed by atoms with E-state index in [1.54, 1.807) is 6.20 Å². The summed E-state index contributed by atoms with van der Waals surface area (Å²) in [5.74, 6) is 0. The first kappa shape index (κ1) is 7.54. The Labute approximate surface area is 85.9 Å². The smallest absolute Gasteiger partial charge is 0.0804 e. The molecule has 0 unspecified atom stereocenters. The topological polar surface area (TPSA) is 17.3 Å². The van der Waals surface area contributed by atoms with Crippen LogP contribution in [0.25, 0.3) is 5.52 Å². The molecule has 56 valence electrons. The maximum atomic E-state index is 4.14. The molecule has 0 aliphatic rings. The van der Waals surface area contributed by atoms with Crippen molar-refractivity contribution in [2.45, 2.75) is 0 Å². The van der Waals surface area contributed by atoms with E-state index in [4.69, 9.17) is 0 Å². The molecule has 0 bridgehead atoms. The summed E-state index contributed by atoms with van der Waals surface area (Å²) in [6.07, 6.45) is 3.78. The van der Waals surface area contributed by atoms with Gasteiger partial charge in [0.25, 0.3) is 0 Å². The summed E-state index contributed by atoms with van der Waals surface area (Å²) in [5.41, 5.74) is 1.10. The van der Waals surface area contributed by atoms with Gasteiger partial charge in [0.15, 0.2) is 0 Å². The van der Waals surface area contributed by atoms with Crippen molar-refractivity contribution in [2.24, 2.45) is 0 Å². The molecule has 0 radical (unpaired) electrons. The van der Waals surface area contributed by atoms with Crippen LogP contribution in [-0.4, -0.2) is 9.61 Å². The Morgan fingerprint density at radius 3 is 3.09 bits per heavy atom. The number of fused-ring (bicyclic) bond motifs is 1. The lowest BCUT2D eigenvalue weighted by Crippen LogP contribution is -1.85. The maximum Gasteiger partial charge on any atom is 0.0804 e. The standard InChI is InChI=1S/C7H4BrIN2/c8-6-3-10-11-4-5(9)1-2-7(6)11/h1-4H. The molecule has 11 heavy (non-hydrogen) atoms. The molecule has 2 aromatic heterocycles. The number of pyridine rings is 1. The minimum atomic E-state index is 1.04.